The molecule has 1 saturated heterocycles. The van der Waals surface area contributed by atoms with Crippen molar-refractivity contribution in [3.05, 3.63) is 70.4 Å². The number of methoxy groups -OCH3 is 1. The number of nitrogens with zero attached hydrogens (tertiary/aromatic N) is 2. The third-order valence-corrected chi connectivity index (χ3v) is 6.94. The molecule has 0 aliphatic carbocycles. The topological polar surface area (TPSA) is 79.0 Å². The van der Waals surface area contributed by atoms with Crippen molar-refractivity contribution in [2.75, 3.05) is 35.3 Å². The zero-order valence-corrected chi connectivity index (χ0v) is 18.9. The molecule has 0 spiro atoms. The van der Waals surface area contributed by atoms with Crippen molar-refractivity contribution in [2.24, 2.45) is 5.92 Å². The Kier molecular flexibility index (Phi) is 5.60. The molecule has 168 valence electrons. The quantitative estimate of drug-likeness (QED) is 0.624. The van der Waals surface area contributed by atoms with Crippen LogP contribution < -0.4 is 19.9 Å². The van der Waals surface area contributed by atoms with Crippen LogP contribution in [0.4, 0.5) is 17.1 Å². The molecule has 2 aliphatic rings. The molecule has 1 fully saturated rings. The van der Waals surface area contributed by atoms with Crippen molar-refractivity contribution in [1.82, 2.24) is 0 Å². The molecule has 3 amide bonds. The van der Waals surface area contributed by atoms with E-state index in [9.17, 15) is 14.4 Å². The zero-order valence-electron chi connectivity index (χ0n) is 18.1. The van der Waals surface area contributed by atoms with E-state index in [4.69, 9.17) is 4.74 Å². The van der Waals surface area contributed by atoms with Crippen LogP contribution in [0.2, 0.25) is 0 Å². The molecule has 3 aromatic rings. The smallest absolute Gasteiger partial charge is 0.268 e. The van der Waals surface area contributed by atoms with Crippen molar-refractivity contribution in [2.45, 2.75) is 12.8 Å². The average Bonchev–Trinajstić information content (AvgIpc) is 3.58. The van der Waals surface area contributed by atoms with Gasteiger partial charge in [0.15, 0.2) is 0 Å². The van der Waals surface area contributed by atoms with Gasteiger partial charge in [0.2, 0.25) is 11.8 Å². The van der Waals surface area contributed by atoms with Crippen LogP contribution in [-0.2, 0) is 16.0 Å². The zero-order chi connectivity index (χ0) is 22.9. The molecule has 3 heterocycles. The predicted octanol–water partition coefficient (Wildman–Crippen LogP) is 3.95. The maximum atomic E-state index is 13.0. The Hall–Kier alpha value is -3.65. The molecule has 0 bridgehead atoms. The van der Waals surface area contributed by atoms with Crippen LogP contribution in [0.3, 0.4) is 0 Å². The minimum atomic E-state index is -0.458. The van der Waals surface area contributed by atoms with Gasteiger partial charge in [-0.3, -0.25) is 14.4 Å². The Balaban J connectivity index is 1.29. The molecule has 2 aromatic carbocycles. The highest BCUT2D eigenvalue weighted by Crippen LogP contribution is 2.33. The van der Waals surface area contributed by atoms with Gasteiger partial charge in [0.1, 0.15) is 5.75 Å². The summed E-state index contributed by atoms with van der Waals surface area (Å²) in [6.07, 6.45) is 0.935. The summed E-state index contributed by atoms with van der Waals surface area (Å²) in [5, 5.41) is 4.83. The molecule has 33 heavy (non-hydrogen) atoms. The van der Waals surface area contributed by atoms with Crippen molar-refractivity contribution >= 4 is 46.1 Å². The van der Waals surface area contributed by atoms with Crippen LogP contribution in [0.15, 0.2) is 60.0 Å². The lowest BCUT2D eigenvalue weighted by molar-refractivity contribution is -0.122. The van der Waals surface area contributed by atoms with E-state index in [0.717, 1.165) is 23.4 Å². The van der Waals surface area contributed by atoms with E-state index in [2.05, 4.69) is 5.32 Å². The number of ether oxygens (including phenoxy) is 1. The van der Waals surface area contributed by atoms with Crippen LogP contribution in [0.5, 0.6) is 5.75 Å². The van der Waals surface area contributed by atoms with Gasteiger partial charge in [-0.15, -0.1) is 11.3 Å². The van der Waals surface area contributed by atoms with Crippen LogP contribution in [0, 0.1) is 5.92 Å². The molecule has 2 aliphatic heterocycles. The summed E-state index contributed by atoms with van der Waals surface area (Å²) in [5.41, 5.74) is 3.25. The number of nitrogens with one attached hydrogen (secondary N) is 1. The summed E-state index contributed by atoms with van der Waals surface area (Å²) in [4.78, 5) is 42.5. The van der Waals surface area contributed by atoms with E-state index in [1.807, 2.05) is 53.9 Å². The van der Waals surface area contributed by atoms with E-state index in [-0.39, 0.29) is 24.1 Å². The number of rotatable bonds is 5. The number of anilines is 3. The van der Waals surface area contributed by atoms with Crippen LogP contribution >= 0.6 is 11.3 Å². The second-order valence-corrected chi connectivity index (χ2v) is 9.07. The molecule has 0 radical (unpaired) electrons. The molecule has 0 saturated carbocycles. The van der Waals surface area contributed by atoms with Crippen molar-refractivity contribution in [3.63, 3.8) is 0 Å². The first-order chi connectivity index (χ1) is 16.0. The van der Waals surface area contributed by atoms with E-state index < -0.39 is 5.92 Å². The van der Waals surface area contributed by atoms with Gasteiger partial charge in [0.25, 0.3) is 5.91 Å². The Morgan fingerprint density at radius 1 is 1.12 bits per heavy atom. The van der Waals surface area contributed by atoms with E-state index in [0.29, 0.717) is 29.4 Å². The molecule has 1 aromatic heterocycles. The van der Waals surface area contributed by atoms with Crippen LogP contribution in [-0.4, -0.2) is 37.9 Å². The Morgan fingerprint density at radius 3 is 2.79 bits per heavy atom. The molecule has 1 unspecified atom stereocenters. The van der Waals surface area contributed by atoms with Crippen molar-refractivity contribution in [3.8, 4) is 5.75 Å². The minimum Gasteiger partial charge on any atom is -0.497 e. The van der Waals surface area contributed by atoms with Crippen LogP contribution in [0.1, 0.15) is 21.7 Å². The Labute approximate surface area is 195 Å². The SMILES string of the molecule is COc1cccc(N2CC(C(=O)Nc3ccc4c(c3)N(C(=O)c3cccs3)CC4)CC2=O)c1. The van der Waals surface area contributed by atoms with Gasteiger partial charge >= 0.3 is 0 Å². The average molecular weight is 462 g/mol. The van der Waals surface area contributed by atoms with Crippen molar-refractivity contribution in [1.29, 1.82) is 0 Å². The second kappa shape index (κ2) is 8.71. The van der Waals surface area contributed by atoms with Gasteiger partial charge in [-0.1, -0.05) is 18.2 Å². The monoisotopic (exact) mass is 461 g/mol. The predicted molar refractivity (Wildman–Crippen MR) is 128 cm³/mol. The van der Waals surface area contributed by atoms with Gasteiger partial charge in [-0.2, -0.15) is 0 Å². The number of carbonyl (C=O) groups excluding carboxylic acids is 3. The highest BCUT2D eigenvalue weighted by atomic mass is 32.1. The van der Waals surface area contributed by atoms with E-state index in [1.165, 1.54) is 11.3 Å². The van der Waals surface area contributed by atoms with Gasteiger partial charge in [-0.25, -0.2) is 0 Å². The standard InChI is InChI=1S/C25H23N3O4S/c1-32-20-5-2-4-19(14-20)28-15-17(12-23(28)29)24(30)26-18-8-7-16-9-10-27(21(16)13-18)25(31)22-6-3-11-33-22/h2-8,11,13-14,17H,9-10,12,15H2,1H3,(H,26,30). The molecular formula is C25H23N3O4S. The van der Waals surface area contributed by atoms with Crippen LogP contribution in [0.25, 0.3) is 0 Å². The summed E-state index contributed by atoms with van der Waals surface area (Å²) >= 11 is 1.42. The summed E-state index contributed by atoms with van der Waals surface area (Å²) in [6.45, 7) is 0.932. The molecule has 7 nitrogen and oxygen atoms in total. The third-order valence-electron chi connectivity index (χ3n) is 6.09. The first-order valence-corrected chi connectivity index (χ1v) is 11.6. The number of fused-ring (bicyclic) bond motifs is 1. The van der Waals surface area contributed by atoms with Crippen molar-refractivity contribution < 1.29 is 19.1 Å². The number of hydrogen-bond acceptors (Lipinski definition) is 5. The first kappa shape index (κ1) is 21.2. The Bertz CT molecular complexity index is 1220. The third kappa shape index (κ3) is 4.09. The summed E-state index contributed by atoms with van der Waals surface area (Å²) in [5.74, 6) is -0.121. The number of benzene rings is 2. The Morgan fingerprint density at radius 2 is 2.00 bits per heavy atom. The number of thiophene rings is 1. The van der Waals surface area contributed by atoms with Gasteiger partial charge in [0.05, 0.1) is 17.9 Å². The number of amides is 3. The molecular weight excluding hydrogens is 438 g/mol. The van der Waals surface area contributed by atoms with Gasteiger partial charge in [-0.05, 0) is 47.7 Å². The van der Waals surface area contributed by atoms with E-state index in [1.54, 1.807) is 23.0 Å². The second-order valence-electron chi connectivity index (χ2n) is 8.12. The molecule has 1 N–H and O–H groups in total. The lowest BCUT2D eigenvalue weighted by Crippen LogP contribution is -2.29. The maximum absolute atomic E-state index is 13.0. The fourth-order valence-electron chi connectivity index (χ4n) is 4.36. The normalized spacial score (nSPS) is 17.2. The van der Waals surface area contributed by atoms with Gasteiger partial charge in [0, 0.05) is 42.6 Å². The summed E-state index contributed by atoms with van der Waals surface area (Å²) < 4.78 is 5.24. The summed E-state index contributed by atoms with van der Waals surface area (Å²) in [7, 11) is 1.58. The number of carbonyl (C=O) groups is 3. The molecule has 1 atom stereocenters. The lowest BCUT2D eigenvalue weighted by atomic mass is 10.1. The van der Waals surface area contributed by atoms with Gasteiger partial charge < -0.3 is 19.9 Å². The lowest BCUT2D eigenvalue weighted by Gasteiger charge is -2.18. The first-order valence-electron chi connectivity index (χ1n) is 10.8. The fourth-order valence-corrected chi connectivity index (χ4v) is 5.03. The summed E-state index contributed by atoms with van der Waals surface area (Å²) in [6, 6.07) is 16.6. The fraction of sp³-hybridized carbons (Fsp3) is 0.240. The van der Waals surface area contributed by atoms with E-state index >= 15 is 0 Å². The number of hydrogen-bond donors (Lipinski definition) is 1. The highest BCUT2D eigenvalue weighted by Gasteiger charge is 2.35. The highest BCUT2D eigenvalue weighted by molar-refractivity contribution is 7.12. The minimum absolute atomic E-state index is 0.0254. The maximum Gasteiger partial charge on any atom is 0.268 e. The largest absolute Gasteiger partial charge is 0.497 e. The molecule has 5 rings (SSSR count). The molecule has 8 heteroatoms.